The minimum atomic E-state index is 0.492. The number of hydrogen-bond acceptors (Lipinski definition) is 1. The standard InChI is InChI=1S/C20H35N/c1-13-3-14(2)5-18(4-13)19(21)12-20-9-15-6-16(10-20)8-17(7-15)11-20/h13-19H,3-12,21H2,1-2H3. The summed E-state index contributed by atoms with van der Waals surface area (Å²) < 4.78 is 0. The Morgan fingerprint density at radius 2 is 1.29 bits per heavy atom. The van der Waals surface area contributed by atoms with E-state index in [-0.39, 0.29) is 0 Å². The highest BCUT2D eigenvalue weighted by Gasteiger charge is 2.51. The molecule has 5 fully saturated rings. The molecule has 1 heteroatoms. The zero-order chi connectivity index (χ0) is 14.6. The second-order valence-corrected chi connectivity index (χ2v) is 9.96. The molecule has 0 saturated heterocycles. The second kappa shape index (κ2) is 5.25. The van der Waals surface area contributed by atoms with Crippen LogP contribution in [0, 0.1) is 40.9 Å². The van der Waals surface area contributed by atoms with Crippen LogP contribution in [0.1, 0.15) is 78.1 Å². The first kappa shape index (κ1) is 14.5. The average molecular weight is 290 g/mol. The van der Waals surface area contributed by atoms with Crippen molar-refractivity contribution in [3.8, 4) is 0 Å². The molecule has 3 unspecified atom stereocenters. The minimum Gasteiger partial charge on any atom is -0.327 e. The van der Waals surface area contributed by atoms with Gasteiger partial charge in [0.1, 0.15) is 0 Å². The molecule has 2 N–H and O–H groups in total. The summed E-state index contributed by atoms with van der Waals surface area (Å²) in [7, 11) is 0. The van der Waals surface area contributed by atoms with Gasteiger partial charge in [-0.05, 0) is 105 Å². The molecular formula is C20H35N. The third-order valence-electron chi connectivity index (χ3n) is 7.65. The van der Waals surface area contributed by atoms with Gasteiger partial charge in [0.05, 0.1) is 0 Å². The predicted octanol–water partition coefficient (Wildman–Crippen LogP) is 4.99. The maximum Gasteiger partial charge on any atom is 0.00726 e. The molecule has 0 amide bonds. The molecule has 5 saturated carbocycles. The van der Waals surface area contributed by atoms with Crippen LogP contribution in [0.5, 0.6) is 0 Å². The lowest BCUT2D eigenvalue weighted by atomic mass is 9.48. The van der Waals surface area contributed by atoms with Gasteiger partial charge in [-0.2, -0.15) is 0 Å². The molecule has 0 radical (unpaired) electrons. The van der Waals surface area contributed by atoms with Crippen molar-refractivity contribution >= 4 is 0 Å². The molecule has 0 aromatic carbocycles. The Morgan fingerprint density at radius 1 is 0.810 bits per heavy atom. The van der Waals surface area contributed by atoms with Gasteiger partial charge >= 0.3 is 0 Å². The lowest BCUT2D eigenvalue weighted by Gasteiger charge is -2.58. The second-order valence-electron chi connectivity index (χ2n) is 9.96. The monoisotopic (exact) mass is 289 g/mol. The smallest absolute Gasteiger partial charge is 0.00726 e. The van der Waals surface area contributed by atoms with E-state index in [9.17, 15) is 0 Å². The molecule has 0 aromatic rings. The summed E-state index contributed by atoms with van der Waals surface area (Å²) in [6, 6.07) is 0.492. The van der Waals surface area contributed by atoms with Crippen molar-refractivity contribution in [2.75, 3.05) is 0 Å². The largest absolute Gasteiger partial charge is 0.327 e. The van der Waals surface area contributed by atoms with E-state index in [4.69, 9.17) is 5.73 Å². The van der Waals surface area contributed by atoms with E-state index in [1.807, 2.05) is 0 Å². The Balaban J connectivity index is 1.43. The molecule has 4 bridgehead atoms. The van der Waals surface area contributed by atoms with E-state index in [1.165, 1.54) is 44.9 Å². The Labute approximate surface area is 131 Å². The summed E-state index contributed by atoms with van der Waals surface area (Å²) in [4.78, 5) is 0. The summed E-state index contributed by atoms with van der Waals surface area (Å²) in [5.41, 5.74) is 7.47. The maximum atomic E-state index is 6.79. The van der Waals surface area contributed by atoms with Crippen molar-refractivity contribution in [2.24, 2.45) is 46.7 Å². The predicted molar refractivity (Wildman–Crippen MR) is 88.9 cm³/mol. The van der Waals surface area contributed by atoms with Gasteiger partial charge in [-0.1, -0.05) is 13.8 Å². The third-order valence-corrected chi connectivity index (χ3v) is 7.65. The Kier molecular flexibility index (Phi) is 3.64. The quantitative estimate of drug-likeness (QED) is 0.778. The van der Waals surface area contributed by atoms with Crippen LogP contribution in [0.2, 0.25) is 0 Å². The van der Waals surface area contributed by atoms with Crippen LogP contribution < -0.4 is 5.73 Å². The molecule has 0 aromatic heterocycles. The van der Waals surface area contributed by atoms with E-state index < -0.39 is 0 Å². The summed E-state index contributed by atoms with van der Waals surface area (Å²) >= 11 is 0. The van der Waals surface area contributed by atoms with Crippen molar-refractivity contribution in [3.63, 3.8) is 0 Å². The fourth-order valence-electron chi connectivity index (χ4n) is 7.57. The van der Waals surface area contributed by atoms with Crippen LogP contribution in [0.3, 0.4) is 0 Å². The van der Waals surface area contributed by atoms with Gasteiger partial charge in [-0.3, -0.25) is 0 Å². The molecule has 3 atom stereocenters. The van der Waals surface area contributed by atoms with Crippen molar-refractivity contribution < 1.29 is 0 Å². The fraction of sp³-hybridized carbons (Fsp3) is 1.00. The normalized spacial score (nSPS) is 53.9. The summed E-state index contributed by atoms with van der Waals surface area (Å²) in [6.45, 7) is 4.89. The minimum absolute atomic E-state index is 0.492. The summed E-state index contributed by atoms with van der Waals surface area (Å²) in [6.07, 6.45) is 14.9. The van der Waals surface area contributed by atoms with Crippen molar-refractivity contribution in [2.45, 2.75) is 84.1 Å². The molecule has 0 heterocycles. The van der Waals surface area contributed by atoms with Crippen molar-refractivity contribution in [3.05, 3.63) is 0 Å². The maximum absolute atomic E-state index is 6.79. The lowest BCUT2D eigenvalue weighted by molar-refractivity contribution is -0.0644. The van der Waals surface area contributed by atoms with Crippen molar-refractivity contribution in [1.29, 1.82) is 0 Å². The van der Waals surface area contributed by atoms with E-state index >= 15 is 0 Å². The molecular weight excluding hydrogens is 254 g/mol. The first-order valence-electron chi connectivity index (χ1n) is 9.77. The lowest BCUT2D eigenvalue weighted by Crippen LogP contribution is -2.49. The molecule has 0 spiro atoms. The summed E-state index contributed by atoms with van der Waals surface area (Å²) in [5.74, 6) is 5.85. The topological polar surface area (TPSA) is 26.0 Å². The van der Waals surface area contributed by atoms with Gasteiger partial charge in [0.25, 0.3) is 0 Å². The first-order chi connectivity index (χ1) is 10.0. The highest BCUT2D eigenvalue weighted by atomic mass is 14.7. The van der Waals surface area contributed by atoms with Crippen LogP contribution in [0.25, 0.3) is 0 Å². The molecule has 0 aliphatic heterocycles. The summed E-state index contributed by atoms with van der Waals surface area (Å²) in [5, 5.41) is 0. The van der Waals surface area contributed by atoms with Crippen LogP contribution in [-0.2, 0) is 0 Å². The van der Waals surface area contributed by atoms with E-state index in [2.05, 4.69) is 13.8 Å². The van der Waals surface area contributed by atoms with Gasteiger partial charge in [0, 0.05) is 6.04 Å². The molecule has 120 valence electrons. The third kappa shape index (κ3) is 2.80. The average Bonchev–Trinajstić information content (AvgIpc) is 2.35. The van der Waals surface area contributed by atoms with Crippen molar-refractivity contribution in [1.82, 2.24) is 0 Å². The molecule has 21 heavy (non-hydrogen) atoms. The molecule has 1 nitrogen and oxygen atoms in total. The Bertz CT molecular complexity index is 342. The SMILES string of the molecule is CC1CC(C)CC(C(N)CC23CC4CC(CC(C4)C2)C3)C1. The zero-order valence-electron chi connectivity index (χ0n) is 14.2. The van der Waals surface area contributed by atoms with Gasteiger partial charge in [0.15, 0.2) is 0 Å². The Hall–Kier alpha value is -0.0400. The van der Waals surface area contributed by atoms with Gasteiger partial charge in [0.2, 0.25) is 0 Å². The van der Waals surface area contributed by atoms with Crippen LogP contribution in [0.4, 0.5) is 0 Å². The molecule has 5 aliphatic carbocycles. The van der Waals surface area contributed by atoms with Crippen LogP contribution in [0.15, 0.2) is 0 Å². The first-order valence-corrected chi connectivity index (χ1v) is 9.77. The number of hydrogen-bond donors (Lipinski definition) is 1. The number of rotatable bonds is 3. The zero-order valence-corrected chi connectivity index (χ0v) is 14.2. The Morgan fingerprint density at radius 3 is 1.76 bits per heavy atom. The van der Waals surface area contributed by atoms with E-state index in [0.29, 0.717) is 11.5 Å². The molecule has 5 aliphatic rings. The van der Waals surface area contributed by atoms with E-state index in [1.54, 1.807) is 19.3 Å². The van der Waals surface area contributed by atoms with Gasteiger partial charge in [-0.25, -0.2) is 0 Å². The van der Waals surface area contributed by atoms with Gasteiger partial charge < -0.3 is 5.73 Å². The number of nitrogens with two attached hydrogens (primary N) is 1. The van der Waals surface area contributed by atoms with E-state index in [0.717, 1.165) is 35.5 Å². The highest BCUT2D eigenvalue weighted by Crippen LogP contribution is 2.62. The molecule has 5 rings (SSSR count). The van der Waals surface area contributed by atoms with Crippen LogP contribution in [-0.4, -0.2) is 6.04 Å². The van der Waals surface area contributed by atoms with Gasteiger partial charge in [-0.15, -0.1) is 0 Å². The van der Waals surface area contributed by atoms with Crippen LogP contribution >= 0.6 is 0 Å². The fourth-order valence-corrected chi connectivity index (χ4v) is 7.57. The highest BCUT2D eigenvalue weighted by molar-refractivity contribution is 5.03.